The standard InChI is InChI=1S/C23H30N2O/c1-24(20-7-3-2-4-8-20)21-12-10-19(11-13-21)17-25-16-6-15-23(18-25)14-5-9-22(23)26/h2-4,7-8,10-13,22,26H,5-6,9,14-18H2,1H3/t22-,23-/m1/s1. The second kappa shape index (κ2) is 7.42. The molecule has 2 atom stereocenters. The van der Waals surface area contributed by atoms with Gasteiger partial charge >= 0.3 is 0 Å². The van der Waals surface area contributed by atoms with Gasteiger partial charge in [-0.1, -0.05) is 36.8 Å². The van der Waals surface area contributed by atoms with E-state index in [1.54, 1.807) is 0 Å². The third kappa shape index (κ3) is 3.51. The summed E-state index contributed by atoms with van der Waals surface area (Å²) < 4.78 is 0. The number of rotatable bonds is 4. The summed E-state index contributed by atoms with van der Waals surface area (Å²) in [4.78, 5) is 4.77. The number of hydrogen-bond acceptors (Lipinski definition) is 3. The summed E-state index contributed by atoms with van der Waals surface area (Å²) in [5, 5.41) is 10.5. The van der Waals surface area contributed by atoms with Crippen LogP contribution in [0.25, 0.3) is 0 Å². The quantitative estimate of drug-likeness (QED) is 0.874. The number of anilines is 2. The first-order valence-corrected chi connectivity index (χ1v) is 9.94. The first-order chi connectivity index (χ1) is 12.7. The average Bonchev–Trinajstić information content (AvgIpc) is 3.02. The van der Waals surface area contributed by atoms with E-state index < -0.39 is 0 Å². The van der Waals surface area contributed by atoms with Gasteiger partial charge in [-0.15, -0.1) is 0 Å². The molecule has 1 N–H and O–H groups in total. The van der Waals surface area contributed by atoms with Gasteiger partial charge in [0.25, 0.3) is 0 Å². The smallest absolute Gasteiger partial charge is 0.0608 e. The molecule has 1 saturated heterocycles. The van der Waals surface area contributed by atoms with Gasteiger partial charge in [-0.2, -0.15) is 0 Å². The number of nitrogens with zero attached hydrogens (tertiary/aromatic N) is 2. The molecule has 2 aliphatic rings. The van der Waals surface area contributed by atoms with Gasteiger partial charge in [-0.25, -0.2) is 0 Å². The minimum Gasteiger partial charge on any atom is -0.393 e. The normalized spacial score (nSPS) is 26.3. The maximum atomic E-state index is 10.5. The topological polar surface area (TPSA) is 26.7 Å². The number of hydrogen-bond donors (Lipinski definition) is 1. The third-order valence-corrected chi connectivity index (χ3v) is 6.42. The lowest BCUT2D eigenvalue weighted by Gasteiger charge is -2.42. The van der Waals surface area contributed by atoms with Crippen LogP contribution in [0.5, 0.6) is 0 Å². The van der Waals surface area contributed by atoms with Crippen LogP contribution in [-0.4, -0.2) is 36.2 Å². The van der Waals surface area contributed by atoms with Crippen molar-refractivity contribution in [1.82, 2.24) is 4.90 Å². The van der Waals surface area contributed by atoms with E-state index in [0.29, 0.717) is 0 Å². The van der Waals surface area contributed by atoms with Crippen LogP contribution in [0.15, 0.2) is 54.6 Å². The highest BCUT2D eigenvalue weighted by Gasteiger charge is 2.44. The van der Waals surface area contributed by atoms with Crippen molar-refractivity contribution in [3.8, 4) is 0 Å². The molecule has 0 radical (unpaired) electrons. The van der Waals surface area contributed by atoms with Crippen LogP contribution in [0.4, 0.5) is 11.4 Å². The highest BCUT2D eigenvalue weighted by atomic mass is 16.3. The van der Waals surface area contributed by atoms with Gasteiger partial charge in [0, 0.05) is 36.9 Å². The predicted molar refractivity (Wildman–Crippen MR) is 108 cm³/mol. The van der Waals surface area contributed by atoms with Crippen molar-refractivity contribution < 1.29 is 5.11 Å². The fraction of sp³-hybridized carbons (Fsp3) is 0.478. The van der Waals surface area contributed by atoms with Crippen LogP contribution in [0.3, 0.4) is 0 Å². The molecule has 2 aromatic rings. The number of aliphatic hydroxyl groups excluding tert-OH is 1. The van der Waals surface area contributed by atoms with Crippen molar-refractivity contribution in [3.63, 3.8) is 0 Å². The second-order valence-corrected chi connectivity index (χ2v) is 8.15. The van der Waals surface area contributed by atoms with E-state index >= 15 is 0 Å². The van der Waals surface area contributed by atoms with Gasteiger partial charge < -0.3 is 10.0 Å². The van der Waals surface area contributed by atoms with Crippen LogP contribution in [-0.2, 0) is 6.54 Å². The fourth-order valence-corrected chi connectivity index (χ4v) is 4.87. The lowest BCUT2D eigenvalue weighted by atomic mass is 9.76. The Bertz CT molecular complexity index is 715. The molecule has 2 aromatic carbocycles. The molecule has 1 aliphatic carbocycles. The zero-order valence-corrected chi connectivity index (χ0v) is 15.8. The van der Waals surface area contributed by atoms with E-state index in [9.17, 15) is 5.11 Å². The third-order valence-electron chi connectivity index (χ3n) is 6.42. The predicted octanol–water partition coefficient (Wildman–Crippen LogP) is 4.58. The highest BCUT2D eigenvalue weighted by molar-refractivity contribution is 5.62. The van der Waals surface area contributed by atoms with E-state index in [2.05, 4.69) is 65.4 Å². The monoisotopic (exact) mass is 350 g/mol. The van der Waals surface area contributed by atoms with Crippen molar-refractivity contribution in [1.29, 1.82) is 0 Å². The van der Waals surface area contributed by atoms with Crippen LogP contribution in [0.1, 0.15) is 37.7 Å². The summed E-state index contributed by atoms with van der Waals surface area (Å²) in [6.07, 6.45) is 5.71. The number of aliphatic hydroxyl groups is 1. The summed E-state index contributed by atoms with van der Waals surface area (Å²) in [5.74, 6) is 0. The molecular weight excluding hydrogens is 320 g/mol. The van der Waals surface area contributed by atoms with Gasteiger partial charge in [0.1, 0.15) is 0 Å². The Morgan fingerprint density at radius 2 is 1.69 bits per heavy atom. The molecule has 1 spiro atoms. The van der Waals surface area contributed by atoms with E-state index in [-0.39, 0.29) is 11.5 Å². The molecule has 0 bridgehead atoms. The molecule has 2 fully saturated rings. The Balaban J connectivity index is 1.41. The summed E-state index contributed by atoms with van der Waals surface area (Å²) in [5.41, 5.74) is 3.94. The maximum absolute atomic E-state index is 10.5. The van der Waals surface area contributed by atoms with E-state index in [0.717, 1.165) is 26.1 Å². The molecule has 3 heteroatoms. The van der Waals surface area contributed by atoms with Gasteiger partial charge in [0.2, 0.25) is 0 Å². The van der Waals surface area contributed by atoms with Crippen LogP contribution >= 0.6 is 0 Å². The lowest BCUT2D eigenvalue weighted by Crippen LogP contribution is -2.46. The SMILES string of the molecule is CN(c1ccccc1)c1ccc(CN2CCC[C@]3(CCC[C@H]3O)C2)cc1. The number of benzene rings is 2. The second-order valence-electron chi connectivity index (χ2n) is 8.15. The summed E-state index contributed by atoms with van der Waals surface area (Å²) >= 11 is 0. The molecule has 1 heterocycles. The molecule has 4 rings (SSSR count). The number of para-hydroxylation sites is 1. The van der Waals surface area contributed by atoms with Crippen molar-refractivity contribution >= 4 is 11.4 Å². The number of likely N-dealkylation sites (tertiary alicyclic amines) is 1. The molecule has 3 nitrogen and oxygen atoms in total. The van der Waals surface area contributed by atoms with Crippen molar-refractivity contribution in [2.45, 2.75) is 44.8 Å². The highest BCUT2D eigenvalue weighted by Crippen LogP contribution is 2.45. The summed E-state index contributed by atoms with van der Waals surface area (Å²) in [6, 6.07) is 19.4. The Kier molecular flexibility index (Phi) is 5.01. The molecule has 138 valence electrons. The largest absolute Gasteiger partial charge is 0.393 e. The van der Waals surface area contributed by atoms with Crippen molar-refractivity contribution in [2.24, 2.45) is 5.41 Å². The lowest BCUT2D eigenvalue weighted by molar-refractivity contribution is -0.0120. The van der Waals surface area contributed by atoms with Gasteiger partial charge in [-0.05, 0) is 62.1 Å². The average molecular weight is 351 g/mol. The van der Waals surface area contributed by atoms with Crippen LogP contribution < -0.4 is 4.90 Å². The molecular formula is C23H30N2O. The molecule has 0 aromatic heterocycles. The summed E-state index contributed by atoms with van der Waals surface area (Å²) in [7, 11) is 2.11. The first-order valence-electron chi connectivity index (χ1n) is 9.94. The van der Waals surface area contributed by atoms with Crippen molar-refractivity contribution in [3.05, 3.63) is 60.2 Å². The zero-order chi connectivity index (χ0) is 18.0. The Morgan fingerprint density at radius 1 is 1.00 bits per heavy atom. The Labute approximate surface area is 157 Å². The molecule has 1 aliphatic heterocycles. The molecule has 26 heavy (non-hydrogen) atoms. The Hall–Kier alpha value is -1.84. The van der Waals surface area contributed by atoms with Crippen LogP contribution in [0, 0.1) is 5.41 Å². The van der Waals surface area contributed by atoms with E-state index in [1.165, 1.54) is 42.6 Å². The van der Waals surface area contributed by atoms with E-state index in [1.807, 2.05) is 6.07 Å². The first kappa shape index (κ1) is 17.6. The minimum atomic E-state index is -0.0906. The molecule has 1 saturated carbocycles. The minimum absolute atomic E-state index is 0.0906. The van der Waals surface area contributed by atoms with Gasteiger partial charge in [-0.3, -0.25) is 4.90 Å². The number of piperidine rings is 1. The molecule has 0 unspecified atom stereocenters. The fourth-order valence-electron chi connectivity index (χ4n) is 4.87. The zero-order valence-electron chi connectivity index (χ0n) is 15.8. The van der Waals surface area contributed by atoms with Crippen molar-refractivity contribution in [2.75, 3.05) is 25.0 Å². The van der Waals surface area contributed by atoms with Crippen LogP contribution in [0.2, 0.25) is 0 Å². The van der Waals surface area contributed by atoms with Gasteiger partial charge in [0.05, 0.1) is 6.10 Å². The molecule has 0 amide bonds. The summed E-state index contributed by atoms with van der Waals surface area (Å²) in [6.45, 7) is 3.20. The maximum Gasteiger partial charge on any atom is 0.0608 e. The Morgan fingerprint density at radius 3 is 2.38 bits per heavy atom. The van der Waals surface area contributed by atoms with E-state index in [4.69, 9.17) is 0 Å². The van der Waals surface area contributed by atoms with Gasteiger partial charge in [0.15, 0.2) is 0 Å².